The average Bonchev–Trinajstić information content (AvgIpc) is 2.29. The van der Waals surface area contributed by atoms with Crippen molar-refractivity contribution in [1.29, 1.82) is 0 Å². The van der Waals surface area contributed by atoms with E-state index in [9.17, 15) is 14.2 Å². The van der Waals surface area contributed by atoms with Crippen LogP contribution < -0.4 is 5.73 Å². The summed E-state index contributed by atoms with van der Waals surface area (Å²) in [4.78, 5) is 35.8. The zero-order valence-electron chi connectivity index (χ0n) is 10.3. The molecule has 0 saturated carbocycles. The highest BCUT2D eigenvalue weighted by atomic mass is 31.2. The number of rotatable bonds is 4. The largest absolute Gasteiger partial charge is 0.480 e. The van der Waals surface area contributed by atoms with Gasteiger partial charge in [0.15, 0.2) is 0 Å². The molecule has 0 aromatic heterocycles. The second kappa shape index (κ2) is 7.81. The molecule has 0 saturated heterocycles. The molecule has 19 heavy (non-hydrogen) atoms. The van der Waals surface area contributed by atoms with Gasteiger partial charge >= 0.3 is 13.6 Å². The Morgan fingerprint density at radius 1 is 1.26 bits per heavy atom. The average molecular weight is 289 g/mol. The molecule has 7 nitrogen and oxygen atoms in total. The Hall–Kier alpha value is -1.53. The van der Waals surface area contributed by atoms with Gasteiger partial charge in [0.25, 0.3) is 0 Å². The van der Waals surface area contributed by atoms with Gasteiger partial charge in [0.05, 0.1) is 0 Å². The van der Waals surface area contributed by atoms with Crippen LogP contribution in [0.1, 0.15) is 12.5 Å². The van der Waals surface area contributed by atoms with E-state index in [1.165, 1.54) is 0 Å². The Morgan fingerprint density at radius 3 is 2.00 bits per heavy atom. The molecular weight excluding hydrogens is 273 g/mol. The number of hydrogen-bond acceptors (Lipinski definition) is 4. The number of nitrogens with two attached hydrogens (primary N) is 1. The Morgan fingerprint density at radius 2 is 1.68 bits per heavy atom. The van der Waals surface area contributed by atoms with Gasteiger partial charge in [-0.1, -0.05) is 30.3 Å². The molecule has 0 amide bonds. The minimum atomic E-state index is -4.38. The van der Waals surface area contributed by atoms with E-state index in [-0.39, 0.29) is 0 Å². The number of carboxylic acids is 1. The molecule has 0 fully saturated rings. The Bertz CT molecular complexity index is 469. The summed E-state index contributed by atoms with van der Waals surface area (Å²) < 4.78 is 9.68. The van der Waals surface area contributed by atoms with Crippen molar-refractivity contribution in [3.05, 3.63) is 35.9 Å². The van der Waals surface area contributed by atoms with Gasteiger partial charge in [-0.3, -0.25) is 14.2 Å². The van der Waals surface area contributed by atoms with E-state index in [1.54, 1.807) is 0 Å². The summed E-state index contributed by atoms with van der Waals surface area (Å²) in [5.74, 6) is -0.959. The summed E-state index contributed by atoms with van der Waals surface area (Å²) in [5.41, 5.74) is 5.21. The second-order valence-electron chi connectivity index (χ2n) is 3.70. The molecule has 0 radical (unpaired) electrons. The molecule has 1 unspecified atom stereocenters. The molecule has 1 aromatic carbocycles. The molecule has 1 atom stereocenters. The van der Waals surface area contributed by atoms with Gasteiger partial charge in [0.1, 0.15) is 6.04 Å². The zero-order chi connectivity index (χ0) is 15.1. The van der Waals surface area contributed by atoms with Gasteiger partial charge in [-0.05, 0) is 12.0 Å². The second-order valence-corrected chi connectivity index (χ2v) is 5.42. The van der Waals surface area contributed by atoms with Crippen molar-refractivity contribution >= 4 is 19.1 Å². The van der Waals surface area contributed by atoms with Crippen LogP contribution in [0.3, 0.4) is 0 Å². The maximum absolute atomic E-state index is 10.4. The van der Waals surface area contributed by atoms with Crippen molar-refractivity contribution in [3.8, 4) is 0 Å². The number of carboxylic acid groups (broad SMARTS) is 1. The molecular formula is C11H16NO6P. The quantitative estimate of drug-likeness (QED) is 0.587. The van der Waals surface area contributed by atoms with Gasteiger partial charge in [-0.2, -0.15) is 0 Å². The predicted molar refractivity (Wildman–Crippen MR) is 68.5 cm³/mol. The third kappa shape index (κ3) is 8.23. The van der Waals surface area contributed by atoms with Crippen molar-refractivity contribution in [2.75, 3.05) is 0 Å². The van der Waals surface area contributed by atoms with Gasteiger partial charge in [-0.15, -0.1) is 0 Å². The lowest BCUT2D eigenvalue weighted by Gasteiger charge is -2.04. The fraction of sp³-hybridized carbons (Fsp3) is 0.273. The van der Waals surface area contributed by atoms with Crippen LogP contribution in [0.15, 0.2) is 30.3 Å². The van der Waals surface area contributed by atoms with Crippen LogP contribution in [-0.2, 0) is 20.6 Å². The predicted octanol–water partition coefficient (Wildman–Crippen LogP) is 0.352. The fourth-order valence-corrected chi connectivity index (χ4v) is 0.955. The summed E-state index contributed by atoms with van der Waals surface area (Å²) >= 11 is 0. The zero-order valence-corrected chi connectivity index (χ0v) is 11.2. The molecule has 0 aliphatic heterocycles. The van der Waals surface area contributed by atoms with Crippen molar-refractivity contribution in [3.63, 3.8) is 0 Å². The van der Waals surface area contributed by atoms with Crippen molar-refractivity contribution in [2.45, 2.75) is 19.4 Å². The first kappa shape index (κ1) is 17.5. The minimum absolute atomic E-state index is 0.385. The number of carbonyl (C=O) groups excluding carboxylic acids is 1. The standard InChI is InChI=1S/C9H11NO2.C2H5O4P/c10-8(9(11)12)6-7-4-2-1-3-5-7;1-2(3)7(4,5)6/h1-5,8H,6,10H2,(H,11,12);1H3,(H2,4,5,6). The highest BCUT2D eigenvalue weighted by Gasteiger charge is 2.18. The summed E-state index contributed by atoms with van der Waals surface area (Å²) in [5, 5.41) is 8.52. The van der Waals surface area contributed by atoms with Gasteiger partial charge in [-0.25, -0.2) is 0 Å². The molecule has 5 N–H and O–H groups in total. The number of benzene rings is 1. The van der Waals surface area contributed by atoms with Crippen LogP contribution in [0.4, 0.5) is 0 Å². The minimum Gasteiger partial charge on any atom is -0.480 e. The lowest BCUT2D eigenvalue weighted by atomic mass is 10.1. The van der Waals surface area contributed by atoms with E-state index in [4.69, 9.17) is 20.6 Å². The maximum atomic E-state index is 10.4. The smallest absolute Gasteiger partial charge is 0.391 e. The summed E-state index contributed by atoms with van der Waals surface area (Å²) in [6, 6.07) is 8.54. The molecule has 0 aliphatic rings. The first-order valence-electron chi connectivity index (χ1n) is 5.23. The van der Waals surface area contributed by atoms with Crippen LogP contribution >= 0.6 is 7.60 Å². The van der Waals surface area contributed by atoms with Gasteiger partial charge in [0, 0.05) is 6.92 Å². The highest BCUT2D eigenvalue weighted by Crippen LogP contribution is 2.34. The molecule has 8 heteroatoms. The molecule has 1 aromatic rings. The van der Waals surface area contributed by atoms with Crippen LogP contribution in [0.2, 0.25) is 0 Å². The van der Waals surface area contributed by atoms with Crippen molar-refractivity contribution < 1.29 is 29.0 Å². The van der Waals surface area contributed by atoms with Crippen LogP contribution in [-0.4, -0.2) is 32.4 Å². The molecule has 0 bridgehead atoms. The number of hydrogen-bond donors (Lipinski definition) is 4. The summed E-state index contributed by atoms with van der Waals surface area (Å²) in [6.45, 7) is 0.848. The van der Waals surface area contributed by atoms with Crippen LogP contribution in [0.25, 0.3) is 0 Å². The third-order valence-corrected chi connectivity index (χ3v) is 2.85. The van der Waals surface area contributed by atoms with Crippen LogP contribution in [0.5, 0.6) is 0 Å². The monoisotopic (exact) mass is 289 g/mol. The molecule has 1 rings (SSSR count). The van der Waals surface area contributed by atoms with E-state index in [1.807, 2.05) is 30.3 Å². The summed E-state index contributed by atoms with van der Waals surface area (Å²) in [7, 11) is -4.38. The molecule has 106 valence electrons. The Balaban J connectivity index is 0.000000399. The Kier molecular flexibility index (Phi) is 7.18. The van der Waals surface area contributed by atoms with E-state index < -0.39 is 25.1 Å². The van der Waals surface area contributed by atoms with E-state index in [0.29, 0.717) is 6.42 Å². The number of carbonyl (C=O) groups is 2. The first-order valence-corrected chi connectivity index (χ1v) is 6.84. The van der Waals surface area contributed by atoms with Crippen molar-refractivity contribution in [1.82, 2.24) is 0 Å². The number of aliphatic carboxylic acids is 1. The van der Waals surface area contributed by atoms with E-state index in [2.05, 4.69) is 0 Å². The molecule has 0 aliphatic carbocycles. The van der Waals surface area contributed by atoms with Crippen molar-refractivity contribution in [2.24, 2.45) is 5.73 Å². The third-order valence-electron chi connectivity index (χ3n) is 2.03. The normalized spacial score (nSPS) is 12.0. The molecule has 0 heterocycles. The van der Waals surface area contributed by atoms with E-state index >= 15 is 0 Å². The topological polar surface area (TPSA) is 138 Å². The first-order chi connectivity index (χ1) is 8.64. The van der Waals surface area contributed by atoms with Crippen LogP contribution in [0, 0.1) is 0 Å². The molecule has 0 spiro atoms. The van der Waals surface area contributed by atoms with Gasteiger partial charge in [0.2, 0.25) is 5.52 Å². The maximum Gasteiger partial charge on any atom is 0.391 e. The lowest BCUT2D eigenvalue weighted by molar-refractivity contribution is -0.138. The SMILES string of the molecule is CC(=O)P(=O)(O)O.NC(Cc1ccccc1)C(=O)O. The Labute approximate surface area is 110 Å². The lowest BCUT2D eigenvalue weighted by Crippen LogP contribution is -2.32. The van der Waals surface area contributed by atoms with E-state index in [0.717, 1.165) is 12.5 Å². The fourth-order valence-electron chi connectivity index (χ4n) is 0.955. The van der Waals surface area contributed by atoms with Gasteiger partial charge < -0.3 is 20.6 Å². The summed E-state index contributed by atoms with van der Waals surface area (Å²) in [6.07, 6.45) is 0.385. The highest BCUT2D eigenvalue weighted by molar-refractivity contribution is 7.69.